The SMILES string of the molecule is CC(=O)c1ccc(Nc2nc(CN(C)C)nc3ccccc23)cc1. The van der Waals surface area contributed by atoms with Crippen molar-refractivity contribution in [1.82, 2.24) is 14.9 Å². The lowest BCUT2D eigenvalue weighted by Crippen LogP contribution is -2.14. The van der Waals surface area contributed by atoms with E-state index in [0.717, 1.165) is 28.2 Å². The molecule has 3 aromatic rings. The number of para-hydroxylation sites is 1. The summed E-state index contributed by atoms with van der Waals surface area (Å²) in [5, 5.41) is 4.31. The fraction of sp³-hybridized carbons (Fsp3) is 0.211. The molecule has 3 rings (SSSR count). The average Bonchev–Trinajstić information content (AvgIpc) is 2.55. The van der Waals surface area contributed by atoms with Gasteiger partial charge < -0.3 is 10.2 Å². The third-order valence-electron chi connectivity index (χ3n) is 3.66. The van der Waals surface area contributed by atoms with Crippen molar-refractivity contribution in [3.63, 3.8) is 0 Å². The molecule has 1 N–H and O–H groups in total. The smallest absolute Gasteiger partial charge is 0.159 e. The van der Waals surface area contributed by atoms with E-state index < -0.39 is 0 Å². The van der Waals surface area contributed by atoms with E-state index in [9.17, 15) is 4.79 Å². The summed E-state index contributed by atoms with van der Waals surface area (Å²) < 4.78 is 0. The van der Waals surface area contributed by atoms with Gasteiger partial charge in [0, 0.05) is 16.6 Å². The molecule has 5 nitrogen and oxygen atoms in total. The molecule has 0 fully saturated rings. The number of nitrogens with zero attached hydrogens (tertiary/aromatic N) is 3. The van der Waals surface area contributed by atoms with E-state index in [1.54, 1.807) is 6.92 Å². The maximum Gasteiger partial charge on any atom is 0.159 e. The van der Waals surface area contributed by atoms with Gasteiger partial charge in [-0.3, -0.25) is 4.79 Å². The van der Waals surface area contributed by atoms with Crippen molar-refractivity contribution >= 4 is 28.2 Å². The normalized spacial score (nSPS) is 11.0. The molecule has 0 aliphatic heterocycles. The summed E-state index contributed by atoms with van der Waals surface area (Å²) in [5.74, 6) is 1.59. The Kier molecular flexibility index (Phi) is 4.53. The molecular formula is C19H20N4O. The number of nitrogens with one attached hydrogen (secondary N) is 1. The number of ketones is 1. The Hall–Kier alpha value is -2.79. The first-order chi connectivity index (χ1) is 11.5. The van der Waals surface area contributed by atoms with Gasteiger partial charge in [-0.15, -0.1) is 0 Å². The van der Waals surface area contributed by atoms with Crippen LogP contribution in [0.2, 0.25) is 0 Å². The van der Waals surface area contributed by atoms with E-state index in [-0.39, 0.29) is 5.78 Å². The molecule has 5 heteroatoms. The standard InChI is InChI=1S/C19H20N4O/c1-13(24)14-8-10-15(11-9-14)20-19-16-6-4-5-7-17(16)21-18(22-19)12-23(2)3/h4-11H,12H2,1-3H3,(H,20,21,22). The van der Waals surface area contributed by atoms with Crippen LogP contribution < -0.4 is 5.32 Å². The Balaban J connectivity index is 1.99. The van der Waals surface area contributed by atoms with E-state index in [2.05, 4.69) is 15.3 Å². The second kappa shape index (κ2) is 6.76. The van der Waals surface area contributed by atoms with Crippen molar-refractivity contribution in [3.05, 3.63) is 59.9 Å². The van der Waals surface area contributed by atoms with Gasteiger partial charge in [0.25, 0.3) is 0 Å². The maximum absolute atomic E-state index is 11.4. The van der Waals surface area contributed by atoms with Crippen LogP contribution in [0, 0.1) is 0 Å². The Labute approximate surface area is 141 Å². The van der Waals surface area contributed by atoms with Crippen LogP contribution in [0.1, 0.15) is 23.1 Å². The molecule has 0 bridgehead atoms. The summed E-state index contributed by atoms with van der Waals surface area (Å²) in [7, 11) is 3.98. The zero-order valence-electron chi connectivity index (χ0n) is 14.1. The number of hydrogen-bond acceptors (Lipinski definition) is 5. The van der Waals surface area contributed by atoms with Gasteiger partial charge in [-0.05, 0) is 57.4 Å². The molecule has 0 aliphatic rings. The number of hydrogen-bond donors (Lipinski definition) is 1. The summed E-state index contributed by atoms with van der Waals surface area (Å²) in [4.78, 5) is 22.7. The average molecular weight is 320 g/mol. The molecule has 2 aromatic carbocycles. The Morgan fingerprint density at radius 1 is 1.04 bits per heavy atom. The first-order valence-electron chi connectivity index (χ1n) is 7.81. The lowest BCUT2D eigenvalue weighted by Gasteiger charge is -2.13. The number of carbonyl (C=O) groups is 1. The summed E-state index contributed by atoms with van der Waals surface area (Å²) in [6.45, 7) is 2.23. The highest BCUT2D eigenvalue weighted by Crippen LogP contribution is 2.24. The van der Waals surface area contributed by atoms with Crippen LogP contribution >= 0.6 is 0 Å². The summed E-state index contributed by atoms with van der Waals surface area (Å²) in [6.07, 6.45) is 0. The number of fused-ring (bicyclic) bond motifs is 1. The van der Waals surface area contributed by atoms with Gasteiger partial charge >= 0.3 is 0 Å². The second-order valence-corrected chi connectivity index (χ2v) is 6.00. The molecule has 1 aromatic heterocycles. The maximum atomic E-state index is 11.4. The summed E-state index contributed by atoms with van der Waals surface area (Å²) >= 11 is 0. The highest BCUT2D eigenvalue weighted by Gasteiger charge is 2.09. The predicted octanol–water partition coefficient (Wildman–Crippen LogP) is 3.64. The molecule has 24 heavy (non-hydrogen) atoms. The van der Waals surface area contributed by atoms with Crippen molar-refractivity contribution in [2.24, 2.45) is 0 Å². The second-order valence-electron chi connectivity index (χ2n) is 6.00. The van der Waals surface area contributed by atoms with Crippen LogP contribution in [0.3, 0.4) is 0 Å². The number of anilines is 2. The highest BCUT2D eigenvalue weighted by molar-refractivity contribution is 5.95. The van der Waals surface area contributed by atoms with Crippen LogP contribution in [-0.2, 0) is 6.54 Å². The molecule has 0 radical (unpaired) electrons. The van der Waals surface area contributed by atoms with E-state index in [0.29, 0.717) is 12.1 Å². The molecular weight excluding hydrogens is 300 g/mol. The van der Waals surface area contributed by atoms with Gasteiger partial charge in [-0.25, -0.2) is 9.97 Å². The van der Waals surface area contributed by atoms with E-state index >= 15 is 0 Å². The fourth-order valence-corrected chi connectivity index (χ4v) is 2.50. The highest BCUT2D eigenvalue weighted by atomic mass is 16.1. The molecule has 0 saturated heterocycles. The number of carbonyl (C=O) groups excluding carboxylic acids is 1. The van der Waals surface area contributed by atoms with Crippen LogP contribution in [0.25, 0.3) is 10.9 Å². The van der Waals surface area contributed by atoms with Gasteiger partial charge in [0.2, 0.25) is 0 Å². The molecule has 1 heterocycles. The monoisotopic (exact) mass is 320 g/mol. The summed E-state index contributed by atoms with van der Waals surface area (Å²) in [6, 6.07) is 15.3. The van der Waals surface area contributed by atoms with Crippen LogP contribution in [0.5, 0.6) is 0 Å². The Bertz CT molecular complexity index is 872. The Morgan fingerprint density at radius 3 is 2.42 bits per heavy atom. The minimum Gasteiger partial charge on any atom is -0.340 e. The largest absolute Gasteiger partial charge is 0.340 e. The van der Waals surface area contributed by atoms with Crippen molar-refractivity contribution in [2.75, 3.05) is 19.4 Å². The third-order valence-corrected chi connectivity index (χ3v) is 3.66. The number of benzene rings is 2. The van der Waals surface area contributed by atoms with Gasteiger partial charge in [0.15, 0.2) is 5.78 Å². The predicted molar refractivity (Wildman–Crippen MR) is 96.7 cm³/mol. The van der Waals surface area contributed by atoms with Gasteiger partial charge in [-0.2, -0.15) is 0 Å². The first-order valence-corrected chi connectivity index (χ1v) is 7.81. The minimum atomic E-state index is 0.0577. The quantitative estimate of drug-likeness (QED) is 0.727. The lowest BCUT2D eigenvalue weighted by atomic mass is 10.1. The minimum absolute atomic E-state index is 0.0577. The molecule has 0 aliphatic carbocycles. The number of aromatic nitrogens is 2. The zero-order chi connectivity index (χ0) is 17.1. The molecule has 0 spiro atoms. The zero-order valence-corrected chi connectivity index (χ0v) is 14.1. The lowest BCUT2D eigenvalue weighted by molar-refractivity contribution is 0.101. The van der Waals surface area contributed by atoms with Gasteiger partial charge in [0.1, 0.15) is 11.6 Å². The van der Waals surface area contributed by atoms with Gasteiger partial charge in [0.05, 0.1) is 12.1 Å². The van der Waals surface area contributed by atoms with Crippen LogP contribution in [0.4, 0.5) is 11.5 Å². The molecule has 0 amide bonds. The van der Waals surface area contributed by atoms with Crippen molar-refractivity contribution in [1.29, 1.82) is 0 Å². The Morgan fingerprint density at radius 2 is 1.75 bits per heavy atom. The van der Waals surface area contributed by atoms with Crippen molar-refractivity contribution in [3.8, 4) is 0 Å². The van der Waals surface area contributed by atoms with E-state index in [1.807, 2.05) is 67.5 Å². The van der Waals surface area contributed by atoms with Gasteiger partial charge in [-0.1, -0.05) is 12.1 Å². The van der Waals surface area contributed by atoms with Crippen LogP contribution in [-0.4, -0.2) is 34.7 Å². The molecule has 0 unspecified atom stereocenters. The number of Topliss-reactive ketones (excluding diaryl/α,β-unsaturated/α-hetero) is 1. The van der Waals surface area contributed by atoms with Crippen LogP contribution in [0.15, 0.2) is 48.5 Å². The fourth-order valence-electron chi connectivity index (χ4n) is 2.50. The first kappa shape index (κ1) is 16.1. The van der Waals surface area contributed by atoms with Crippen molar-refractivity contribution < 1.29 is 4.79 Å². The summed E-state index contributed by atoms with van der Waals surface area (Å²) in [5.41, 5.74) is 2.49. The molecule has 0 saturated carbocycles. The van der Waals surface area contributed by atoms with E-state index in [1.165, 1.54) is 0 Å². The molecule has 122 valence electrons. The topological polar surface area (TPSA) is 58.1 Å². The van der Waals surface area contributed by atoms with E-state index in [4.69, 9.17) is 0 Å². The number of rotatable bonds is 5. The van der Waals surface area contributed by atoms with Crippen molar-refractivity contribution in [2.45, 2.75) is 13.5 Å². The third kappa shape index (κ3) is 3.58. The molecule has 0 atom stereocenters.